The monoisotopic (exact) mass is 400 g/mol. The van der Waals surface area contributed by atoms with Crippen molar-refractivity contribution in [1.29, 1.82) is 0 Å². The van der Waals surface area contributed by atoms with Crippen molar-refractivity contribution in [3.8, 4) is 0 Å². The van der Waals surface area contributed by atoms with Crippen LogP contribution < -0.4 is 5.32 Å². The maximum Gasteiger partial charge on any atom is 0.270 e. The third-order valence-electron chi connectivity index (χ3n) is 6.02. The Morgan fingerprint density at radius 1 is 1.21 bits per heavy atom. The quantitative estimate of drug-likeness (QED) is 0.847. The second kappa shape index (κ2) is 7.40. The van der Waals surface area contributed by atoms with E-state index in [0.29, 0.717) is 28.1 Å². The van der Waals surface area contributed by atoms with Crippen molar-refractivity contribution in [2.75, 3.05) is 44.2 Å². The molecule has 0 spiro atoms. The number of furan rings is 1. The predicted molar refractivity (Wildman–Crippen MR) is 108 cm³/mol. The van der Waals surface area contributed by atoms with E-state index in [-0.39, 0.29) is 17.9 Å². The molecule has 0 aliphatic carbocycles. The Balaban J connectivity index is 1.35. The Kier molecular flexibility index (Phi) is 4.76. The fraction of sp³-hybridized carbons (Fsp3) is 0.550. The van der Waals surface area contributed by atoms with Crippen LogP contribution in [0.15, 0.2) is 22.9 Å². The number of piperidine rings is 1. The Morgan fingerprint density at radius 3 is 2.89 bits per heavy atom. The Labute approximate surface area is 167 Å². The van der Waals surface area contributed by atoms with Gasteiger partial charge in [0, 0.05) is 49.1 Å². The summed E-state index contributed by atoms with van der Waals surface area (Å²) in [4.78, 5) is 34.2. The highest BCUT2D eigenvalue weighted by molar-refractivity contribution is 7.99. The first-order valence-corrected chi connectivity index (χ1v) is 11.1. The molecule has 0 saturated carbocycles. The standard InChI is InChI=1S/C20H24N4O3S/c25-19(22-14-7-13-1-2-23(10-13)11-14)17-8-15-16(12-27-18(15)9-21-17)20(26)24-3-5-28-6-4-24/h8-9,12-14H,1-7,10-11H2,(H,22,25)/t13-,14+/m0/s1. The third-order valence-corrected chi connectivity index (χ3v) is 6.97. The molecule has 3 aliphatic rings. The van der Waals surface area contributed by atoms with Crippen LogP contribution in [-0.4, -0.2) is 76.9 Å². The molecule has 1 N–H and O–H groups in total. The number of hydrogen-bond acceptors (Lipinski definition) is 6. The van der Waals surface area contributed by atoms with Crippen LogP contribution in [0.5, 0.6) is 0 Å². The summed E-state index contributed by atoms with van der Waals surface area (Å²) in [6.45, 7) is 4.69. The first-order valence-electron chi connectivity index (χ1n) is 9.95. The SMILES string of the molecule is O=C(N[C@@H]1C[C@@H]2CCN(C2)C1)c1cc2c(C(=O)N3CCSCC3)coc2cn1. The van der Waals surface area contributed by atoms with Gasteiger partial charge in [-0.1, -0.05) is 0 Å². The van der Waals surface area contributed by atoms with Crippen LogP contribution in [0.25, 0.3) is 11.0 Å². The minimum Gasteiger partial charge on any atom is -0.462 e. The van der Waals surface area contributed by atoms with Gasteiger partial charge in [-0.3, -0.25) is 9.59 Å². The summed E-state index contributed by atoms with van der Waals surface area (Å²) in [6, 6.07) is 1.86. The molecule has 3 fully saturated rings. The molecular formula is C20H24N4O3S. The molecule has 7 nitrogen and oxygen atoms in total. The van der Waals surface area contributed by atoms with Gasteiger partial charge in [-0.25, -0.2) is 4.98 Å². The zero-order valence-corrected chi connectivity index (χ0v) is 16.5. The molecule has 0 aromatic carbocycles. The summed E-state index contributed by atoms with van der Waals surface area (Å²) in [5, 5.41) is 3.80. The maximum atomic E-state index is 12.9. The molecular weight excluding hydrogens is 376 g/mol. The van der Waals surface area contributed by atoms with Gasteiger partial charge in [0.1, 0.15) is 12.0 Å². The van der Waals surface area contributed by atoms with E-state index in [1.54, 1.807) is 12.3 Å². The van der Waals surface area contributed by atoms with Crippen molar-refractivity contribution in [3.63, 3.8) is 0 Å². The Hall–Kier alpha value is -2.06. The first-order chi connectivity index (χ1) is 13.7. The van der Waals surface area contributed by atoms with Gasteiger partial charge in [-0.05, 0) is 31.4 Å². The smallest absolute Gasteiger partial charge is 0.270 e. The second-order valence-corrected chi connectivity index (χ2v) is 9.16. The van der Waals surface area contributed by atoms with Gasteiger partial charge in [0.2, 0.25) is 0 Å². The van der Waals surface area contributed by atoms with E-state index in [9.17, 15) is 9.59 Å². The largest absolute Gasteiger partial charge is 0.462 e. The summed E-state index contributed by atoms with van der Waals surface area (Å²) in [6.07, 6.45) is 5.30. The lowest BCUT2D eigenvalue weighted by Gasteiger charge is -2.30. The van der Waals surface area contributed by atoms with Crippen molar-refractivity contribution in [2.24, 2.45) is 5.92 Å². The van der Waals surface area contributed by atoms with Gasteiger partial charge in [0.05, 0.1) is 11.8 Å². The van der Waals surface area contributed by atoms with Crippen molar-refractivity contribution in [2.45, 2.75) is 18.9 Å². The van der Waals surface area contributed by atoms with Crippen molar-refractivity contribution in [3.05, 3.63) is 29.8 Å². The minimum absolute atomic E-state index is 0.0340. The maximum absolute atomic E-state index is 12.9. The lowest BCUT2D eigenvalue weighted by molar-refractivity contribution is 0.0772. The number of hydrogen-bond donors (Lipinski definition) is 1. The average molecular weight is 401 g/mol. The van der Waals surface area contributed by atoms with Gasteiger partial charge in [0.15, 0.2) is 5.58 Å². The van der Waals surface area contributed by atoms with Crippen molar-refractivity contribution >= 4 is 34.5 Å². The van der Waals surface area contributed by atoms with Gasteiger partial charge in [-0.2, -0.15) is 11.8 Å². The molecule has 3 atom stereocenters. The minimum atomic E-state index is -0.177. The van der Waals surface area contributed by atoms with E-state index in [2.05, 4.69) is 15.2 Å². The van der Waals surface area contributed by atoms with E-state index < -0.39 is 0 Å². The summed E-state index contributed by atoms with van der Waals surface area (Å²) in [5.41, 5.74) is 1.39. The molecule has 1 unspecified atom stereocenters. The Morgan fingerprint density at radius 2 is 2.07 bits per heavy atom. The van der Waals surface area contributed by atoms with Crippen molar-refractivity contribution < 1.29 is 14.0 Å². The number of amides is 2. The van der Waals surface area contributed by atoms with E-state index in [1.165, 1.54) is 12.7 Å². The van der Waals surface area contributed by atoms with Crippen LogP contribution in [0.4, 0.5) is 0 Å². The molecule has 0 radical (unpaired) electrons. The summed E-state index contributed by atoms with van der Waals surface area (Å²) >= 11 is 1.86. The summed E-state index contributed by atoms with van der Waals surface area (Å²) in [7, 11) is 0. The van der Waals surface area contributed by atoms with E-state index in [4.69, 9.17) is 4.42 Å². The van der Waals surface area contributed by atoms with Crippen LogP contribution in [0.2, 0.25) is 0 Å². The lowest BCUT2D eigenvalue weighted by atomic mass is 9.97. The number of thioether (sulfide) groups is 1. The van der Waals surface area contributed by atoms with Gasteiger partial charge in [-0.15, -0.1) is 0 Å². The lowest BCUT2D eigenvalue weighted by Crippen LogP contribution is -2.47. The molecule has 3 aliphatic heterocycles. The number of pyridine rings is 1. The highest BCUT2D eigenvalue weighted by Gasteiger charge is 2.33. The zero-order valence-electron chi connectivity index (χ0n) is 15.7. The highest BCUT2D eigenvalue weighted by Crippen LogP contribution is 2.27. The summed E-state index contributed by atoms with van der Waals surface area (Å²) in [5.74, 6) is 2.39. The molecule has 3 saturated heterocycles. The third kappa shape index (κ3) is 3.39. The number of nitrogens with one attached hydrogen (secondary N) is 1. The molecule has 5 heterocycles. The van der Waals surface area contributed by atoms with Crippen LogP contribution in [-0.2, 0) is 0 Å². The van der Waals surface area contributed by atoms with Gasteiger partial charge < -0.3 is 19.5 Å². The molecule has 28 heavy (non-hydrogen) atoms. The van der Waals surface area contributed by atoms with E-state index in [1.807, 2.05) is 16.7 Å². The second-order valence-electron chi connectivity index (χ2n) is 7.94. The fourth-order valence-corrected chi connectivity index (χ4v) is 5.49. The normalized spacial score (nSPS) is 27.1. The van der Waals surface area contributed by atoms with Crippen molar-refractivity contribution in [1.82, 2.24) is 20.1 Å². The zero-order chi connectivity index (χ0) is 19.1. The fourth-order valence-electron chi connectivity index (χ4n) is 4.58. The van der Waals surface area contributed by atoms with Crippen LogP contribution in [0, 0.1) is 5.92 Å². The average Bonchev–Trinajstić information content (AvgIpc) is 3.30. The molecule has 148 valence electrons. The number of fused-ring (bicyclic) bond motifs is 3. The molecule has 2 amide bonds. The topological polar surface area (TPSA) is 78.7 Å². The molecule has 8 heteroatoms. The first kappa shape index (κ1) is 18.0. The number of carbonyl (C=O) groups excluding carboxylic acids is 2. The molecule has 5 rings (SSSR count). The molecule has 2 aromatic rings. The van der Waals surface area contributed by atoms with Gasteiger partial charge >= 0.3 is 0 Å². The number of nitrogens with zero attached hydrogens (tertiary/aromatic N) is 3. The van der Waals surface area contributed by atoms with Gasteiger partial charge in [0.25, 0.3) is 11.8 Å². The van der Waals surface area contributed by atoms with E-state index in [0.717, 1.165) is 50.7 Å². The number of rotatable bonds is 3. The molecule has 2 bridgehead atoms. The van der Waals surface area contributed by atoms with Crippen LogP contribution in [0.3, 0.4) is 0 Å². The Bertz CT molecular complexity index is 896. The van der Waals surface area contributed by atoms with Crippen LogP contribution in [0.1, 0.15) is 33.7 Å². The predicted octanol–water partition coefficient (Wildman–Crippen LogP) is 1.84. The van der Waals surface area contributed by atoms with Crippen LogP contribution >= 0.6 is 11.8 Å². The molecule has 2 aromatic heterocycles. The summed E-state index contributed by atoms with van der Waals surface area (Å²) < 4.78 is 5.53. The van der Waals surface area contributed by atoms with E-state index >= 15 is 0 Å². The highest BCUT2D eigenvalue weighted by atomic mass is 32.2. The number of aromatic nitrogens is 1. The number of carbonyl (C=O) groups is 2.